The van der Waals surface area contributed by atoms with Crippen molar-refractivity contribution in [1.29, 1.82) is 0 Å². The highest BCUT2D eigenvalue weighted by Gasteiger charge is 2.14. The molecule has 0 spiro atoms. The van der Waals surface area contributed by atoms with E-state index in [0.717, 1.165) is 13.3 Å². The monoisotopic (exact) mass is 242 g/mol. The van der Waals surface area contributed by atoms with Crippen molar-refractivity contribution in [2.45, 2.75) is 0 Å². The first kappa shape index (κ1) is 11.0. The molecule has 0 saturated carbocycles. The Hall–Kier alpha value is -2.10. The van der Waals surface area contributed by atoms with E-state index in [0.29, 0.717) is 0 Å². The van der Waals surface area contributed by atoms with Crippen molar-refractivity contribution < 1.29 is 0 Å². The molecule has 3 rings (SSSR count). The summed E-state index contributed by atoms with van der Waals surface area (Å²) in [5, 5.41) is 0. The highest BCUT2D eigenvalue weighted by atomic mass is 15.3. The van der Waals surface area contributed by atoms with Crippen LogP contribution in [0.15, 0.2) is 49.1 Å². The Labute approximate surface area is 108 Å². The van der Waals surface area contributed by atoms with Crippen molar-refractivity contribution in [3.63, 3.8) is 0 Å². The van der Waals surface area contributed by atoms with Crippen molar-refractivity contribution in [2.24, 2.45) is 0 Å². The Bertz CT molecular complexity index is 453. The van der Waals surface area contributed by atoms with E-state index in [4.69, 9.17) is 0 Å². The molecule has 0 unspecified atom stereocenters. The lowest BCUT2D eigenvalue weighted by atomic mass is 10.2. The van der Waals surface area contributed by atoms with E-state index in [1.54, 1.807) is 0 Å². The second-order valence-electron chi connectivity index (χ2n) is 4.85. The van der Waals surface area contributed by atoms with Crippen LogP contribution in [-0.4, -0.2) is 37.2 Å². The SMILES string of the molecule is CN1C=CN(c2cccc(N3C=CN(C)C3)c2)C1. The molecule has 0 bridgehead atoms. The minimum atomic E-state index is 0.916. The molecule has 0 amide bonds. The first-order chi connectivity index (χ1) is 8.72. The van der Waals surface area contributed by atoms with Gasteiger partial charge in [-0.2, -0.15) is 0 Å². The quantitative estimate of drug-likeness (QED) is 0.787. The van der Waals surface area contributed by atoms with Crippen molar-refractivity contribution in [3.05, 3.63) is 49.1 Å². The molecular weight excluding hydrogens is 224 g/mol. The smallest absolute Gasteiger partial charge is 0.0938 e. The molecule has 4 heteroatoms. The summed E-state index contributed by atoms with van der Waals surface area (Å²) in [6, 6.07) is 8.64. The Kier molecular flexibility index (Phi) is 2.63. The van der Waals surface area contributed by atoms with Crippen molar-refractivity contribution in [3.8, 4) is 0 Å². The van der Waals surface area contributed by atoms with E-state index in [-0.39, 0.29) is 0 Å². The molecule has 0 N–H and O–H groups in total. The molecule has 94 valence electrons. The number of anilines is 2. The van der Waals surface area contributed by atoms with Crippen LogP contribution < -0.4 is 9.80 Å². The number of benzene rings is 1. The summed E-state index contributed by atoms with van der Waals surface area (Å²) in [6.07, 6.45) is 8.42. The third-order valence-corrected chi connectivity index (χ3v) is 3.25. The first-order valence-corrected chi connectivity index (χ1v) is 6.13. The number of rotatable bonds is 2. The summed E-state index contributed by atoms with van der Waals surface area (Å²) in [4.78, 5) is 8.81. The zero-order valence-electron chi connectivity index (χ0n) is 10.8. The zero-order valence-corrected chi connectivity index (χ0v) is 10.8. The fourth-order valence-corrected chi connectivity index (χ4v) is 2.24. The van der Waals surface area contributed by atoms with E-state index in [2.05, 4.69) is 82.8 Å². The molecule has 1 aromatic carbocycles. The fraction of sp³-hybridized carbons (Fsp3) is 0.286. The van der Waals surface area contributed by atoms with Crippen molar-refractivity contribution >= 4 is 11.4 Å². The van der Waals surface area contributed by atoms with E-state index < -0.39 is 0 Å². The number of hydrogen-bond donors (Lipinski definition) is 0. The molecule has 2 heterocycles. The molecule has 1 aromatic rings. The molecule has 4 nitrogen and oxygen atoms in total. The van der Waals surface area contributed by atoms with Gasteiger partial charge < -0.3 is 19.6 Å². The average Bonchev–Trinajstić information content (AvgIpc) is 2.98. The fourth-order valence-electron chi connectivity index (χ4n) is 2.24. The van der Waals surface area contributed by atoms with Gasteiger partial charge in [-0.1, -0.05) is 6.07 Å². The largest absolute Gasteiger partial charge is 0.361 e. The lowest BCUT2D eigenvalue weighted by molar-refractivity contribution is 0.494. The molecule has 0 fully saturated rings. The molecule has 0 atom stereocenters. The van der Waals surface area contributed by atoms with E-state index in [1.807, 2.05) is 0 Å². The van der Waals surface area contributed by atoms with Gasteiger partial charge in [0.25, 0.3) is 0 Å². The van der Waals surface area contributed by atoms with Gasteiger partial charge in [-0.15, -0.1) is 0 Å². The molecule has 0 aliphatic carbocycles. The van der Waals surface area contributed by atoms with E-state index in [9.17, 15) is 0 Å². The Morgan fingerprint density at radius 3 is 1.67 bits per heavy atom. The molecule has 2 aliphatic heterocycles. The summed E-state index contributed by atoms with van der Waals surface area (Å²) in [5.41, 5.74) is 2.46. The second-order valence-corrected chi connectivity index (χ2v) is 4.85. The standard InChI is InChI=1S/C14H18N4/c1-15-6-8-17(11-15)13-4-3-5-14(10-13)18-9-7-16(2)12-18/h3-10H,11-12H2,1-2H3. The molecule has 18 heavy (non-hydrogen) atoms. The van der Waals surface area contributed by atoms with Gasteiger partial charge in [0.05, 0.1) is 13.3 Å². The summed E-state index contributed by atoms with van der Waals surface area (Å²) < 4.78 is 0. The van der Waals surface area contributed by atoms with Crippen LogP contribution in [0.4, 0.5) is 11.4 Å². The Morgan fingerprint density at radius 2 is 1.28 bits per heavy atom. The maximum absolute atomic E-state index is 2.24. The van der Waals surface area contributed by atoms with Gasteiger partial charge in [0.15, 0.2) is 0 Å². The van der Waals surface area contributed by atoms with Gasteiger partial charge >= 0.3 is 0 Å². The van der Waals surface area contributed by atoms with Crippen LogP contribution >= 0.6 is 0 Å². The van der Waals surface area contributed by atoms with Gasteiger partial charge in [0.2, 0.25) is 0 Å². The zero-order chi connectivity index (χ0) is 12.5. The molecule has 2 aliphatic rings. The van der Waals surface area contributed by atoms with Crippen LogP contribution in [0.1, 0.15) is 0 Å². The minimum absolute atomic E-state index is 0.916. The maximum Gasteiger partial charge on any atom is 0.0938 e. The van der Waals surface area contributed by atoms with Crippen LogP contribution in [0.5, 0.6) is 0 Å². The summed E-state index contributed by atoms with van der Waals surface area (Å²) in [7, 11) is 4.16. The van der Waals surface area contributed by atoms with Crippen LogP contribution in [0, 0.1) is 0 Å². The third-order valence-electron chi connectivity index (χ3n) is 3.25. The summed E-state index contributed by atoms with van der Waals surface area (Å²) >= 11 is 0. The van der Waals surface area contributed by atoms with Crippen molar-refractivity contribution in [1.82, 2.24) is 9.80 Å². The molecule has 0 radical (unpaired) electrons. The Balaban J connectivity index is 1.81. The number of nitrogens with zero attached hydrogens (tertiary/aromatic N) is 4. The highest BCUT2D eigenvalue weighted by molar-refractivity contribution is 5.62. The van der Waals surface area contributed by atoms with Gasteiger partial charge in [0, 0.05) is 50.3 Å². The third kappa shape index (κ3) is 2.01. The van der Waals surface area contributed by atoms with Gasteiger partial charge in [0.1, 0.15) is 0 Å². The topological polar surface area (TPSA) is 13.0 Å². The summed E-state index contributed by atoms with van der Waals surface area (Å²) in [5.74, 6) is 0. The first-order valence-electron chi connectivity index (χ1n) is 6.13. The average molecular weight is 242 g/mol. The van der Waals surface area contributed by atoms with Gasteiger partial charge in [-0.3, -0.25) is 0 Å². The minimum Gasteiger partial charge on any atom is -0.361 e. The molecule has 0 aromatic heterocycles. The van der Waals surface area contributed by atoms with Gasteiger partial charge in [-0.05, 0) is 18.2 Å². The lowest BCUT2D eigenvalue weighted by Gasteiger charge is -2.22. The van der Waals surface area contributed by atoms with Crippen LogP contribution in [0.25, 0.3) is 0 Å². The van der Waals surface area contributed by atoms with Crippen LogP contribution in [0.3, 0.4) is 0 Å². The Morgan fingerprint density at radius 1 is 0.778 bits per heavy atom. The van der Waals surface area contributed by atoms with E-state index in [1.165, 1.54) is 11.4 Å². The number of hydrogen-bond acceptors (Lipinski definition) is 4. The molecular formula is C14H18N4. The maximum atomic E-state index is 2.24. The second kappa shape index (κ2) is 4.29. The van der Waals surface area contributed by atoms with Crippen LogP contribution in [-0.2, 0) is 0 Å². The highest BCUT2D eigenvalue weighted by Crippen LogP contribution is 2.26. The lowest BCUT2D eigenvalue weighted by Crippen LogP contribution is -2.23. The van der Waals surface area contributed by atoms with Crippen molar-refractivity contribution in [2.75, 3.05) is 37.2 Å². The normalized spacial score (nSPS) is 18.3. The van der Waals surface area contributed by atoms with Gasteiger partial charge in [-0.25, -0.2) is 0 Å². The predicted octanol–water partition coefficient (Wildman–Crippen LogP) is 2.05. The molecule has 0 saturated heterocycles. The van der Waals surface area contributed by atoms with E-state index >= 15 is 0 Å². The summed E-state index contributed by atoms with van der Waals surface area (Å²) in [6.45, 7) is 1.83. The predicted molar refractivity (Wildman–Crippen MR) is 74.9 cm³/mol. The van der Waals surface area contributed by atoms with Crippen LogP contribution in [0.2, 0.25) is 0 Å².